The molecule has 0 saturated carbocycles. The molecule has 0 spiro atoms. The SMILES string of the molecule is O=C(NCCCc1nc(-c2ccncc2)cs1)C1CCCN1C(=O)Cc1cccs1. The van der Waals surface area contributed by atoms with E-state index < -0.39 is 0 Å². The van der Waals surface area contributed by atoms with Crippen molar-refractivity contribution >= 4 is 34.5 Å². The number of rotatable bonds is 8. The Morgan fingerprint density at radius 1 is 1.20 bits per heavy atom. The number of pyridine rings is 1. The molecule has 0 radical (unpaired) electrons. The number of nitrogens with zero attached hydrogens (tertiary/aromatic N) is 3. The lowest BCUT2D eigenvalue weighted by Gasteiger charge is -2.23. The van der Waals surface area contributed by atoms with Crippen molar-refractivity contribution in [2.75, 3.05) is 13.1 Å². The van der Waals surface area contributed by atoms with Crippen LogP contribution in [0.2, 0.25) is 0 Å². The average Bonchev–Trinajstić information content (AvgIpc) is 3.53. The number of amides is 2. The van der Waals surface area contributed by atoms with E-state index in [2.05, 4.69) is 20.7 Å². The van der Waals surface area contributed by atoms with E-state index in [9.17, 15) is 9.59 Å². The number of thiazole rings is 1. The molecule has 8 heteroatoms. The van der Waals surface area contributed by atoms with Crippen LogP contribution in [0.3, 0.4) is 0 Å². The van der Waals surface area contributed by atoms with Gasteiger partial charge in [0, 0.05) is 47.7 Å². The third-order valence-electron chi connectivity index (χ3n) is 5.18. The molecule has 6 nitrogen and oxygen atoms in total. The van der Waals surface area contributed by atoms with Crippen LogP contribution in [0.15, 0.2) is 47.4 Å². The summed E-state index contributed by atoms with van der Waals surface area (Å²) in [6.07, 6.45) is 7.18. The molecule has 3 aromatic rings. The number of hydrogen-bond donors (Lipinski definition) is 1. The average molecular weight is 441 g/mol. The Kier molecular flexibility index (Phi) is 6.86. The van der Waals surface area contributed by atoms with Gasteiger partial charge in [0.15, 0.2) is 0 Å². The van der Waals surface area contributed by atoms with E-state index in [-0.39, 0.29) is 17.9 Å². The minimum absolute atomic E-state index is 0.0383. The highest BCUT2D eigenvalue weighted by Gasteiger charge is 2.33. The van der Waals surface area contributed by atoms with Crippen LogP contribution in [-0.4, -0.2) is 45.8 Å². The lowest BCUT2D eigenvalue weighted by Crippen LogP contribution is -2.46. The van der Waals surface area contributed by atoms with Crippen LogP contribution in [0.4, 0.5) is 0 Å². The van der Waals surface area contributed by atoms with Crippen molar-refractivity contribution < 1.29 is 9.59 Å². The molecule has 0 bridgehead atoms. The van der Waals surface area contributed by atoms with Crippen molar-refractivity contribution in [3.05, 3.63) is 57.3 Å². The van der Waals surface area contributed by atoms with Crippen LogP contribution in [0.1, 0.15) is 29.1 Å². The third kappa shape index (κ3) is 5.12. The van der Waals surface area contributed by atoms with E-state index in [1.54, 1.807) is 40.0 Å². The molecular weight excluding hydrogens is 416 g/mol. The first-order valence-electron chi connectivity index (χ1n) is 10.1. The molecule has 0 aliphatic carbocycles. The first kappa shape index (κ1) is 20.7. The summed E-state index contributed by atoms with van der Waals surface area (Å²) < 4.78 is 0. The predicted molar refractivity (Wildman–Crippen MR) is 119 cm³/mol. The summed E-state index contributed by atoms with van der Waals surface area (Å²) in [7, 11) is 0. The molecule has 0 aromatic carbocycles. The summed E-state index contributed by atoms with van der Waals surface area (Å²) >= 11 is 3.22. The van der Waals surface area contributed by atoms with Crippen molar-refractivity contribution in [2.45, 2.75) is 38.1 Å². The van der Waals surface area contributed by atoms with E-state index in [0.29, 0.717) is 19.5 Å². The van der Waals surface area contributed by atoms with E-state index >= 15 is 0 Å². The van der Waals surface area contributed by atoms with Gasteiger partial charge < -0.3 is 10.2 Å². The number of carbonyl (C=O) groups excluding carboxylic acids is 2. The molecule has 3 aromatic heterocycles. The summed E-state index contributed by atoms with van der Waals surface area (Å²) in [5, 5.41) is 8.10. The second-order valence-corrected chi connectivity index (χ2v) is 9.23. The highest BCUT2D eigenvalue weighted by molar-refractivity contribution is 7.10. The lowest BCUT2D eigenvalue weighted by molar-refractivity contribution is -0.137. The normalized spacial score (nSPS) is 16.0. The number of carbonyl (C=O) groups is 2. The zero-order valence-electron chi connectivity index (χ0n) is 16.6. The molecule has 1 aliphatic rings. The quantitative estimate of drug-likeness (QED) is 0.544. The number of aromatic nitrogens is 2. The molecule has 4 heterocycles. The van der Waals surface area contributed by atoms with Gasteiger partial charge in [0.25, 0.3) is 0 Å². The van der Waals surface area contributed by atoms with Gasteiger partial charge in [0.2, 0.25) is 11.8 Å². The number of nitrogens with one attached hydrogen (secondary N) is 1. The topological polar surface area (TPSA) is 75.2 Å². The molecule has 1 saturated heterocycles. The number of hydrogen-bond acceptors (Lipinski definition) is 6. The largest absolute Gasteiger partial charge is 0.354 e. The van der Waals surface area contributed by atoms with Crippen molar-refractivity contribution in [3.63, 3.8) is 0 Å². The lowest BCUT2D eigenvalue weighted by atomic mass is 10.2. The van der Waals surface area contributed by atoms with Gasteiger partial charge in [-0.2, -0.15) is 0 Å². The van der Waals surface area contributed by atoms with Crippen LogP contribution >= 0.6 is 22.7 Å². The standard InChI is InChI=1S/C22H24N4O2S2/c27-21(14-17-4-3-13-29-17)26-12-2-5-19(26)22(28)24-9-1-6-20-25-18(15-30-20)16-7-10-23-11-8-16/h3-4,7-8,10-11,13,15,19H,1-2,5-6,9,12,14H2,(H,24,28). The molecular formula is C22H24N4O2S2. The van der Waals surface area contributed by atoms with Crippen molar-refractivity contribution in [1.29, 1.82) is 0 Å². The van der Waals surface area contributed by atoms with Crippen LogP contribution in [0.5, 0.6) is 0 Å². The molecule has 156 valence electrons. The van der Waals surface area contributed by atoms with Crippen LogP contribution in [0, 0.1) is 0 Å². The van der Waals surface area contributed by atoms with Crippen LogP contribution in [-0.2, 0) is 22.4 Å². The third-order valence-corrected chi connectivity index (χ3v) is 6.96. The second-order valence-electron chi connectivity index (χ2n) is 7.26. The summed E-state index contributed by atoms with van der Waals surface area (Å²) in [4.78, 5) is 36.7. The van der Waals surface area contributed by atoms with Crippen molar-refractivity contribution in [3.8, 4) is 11.3 Å². The Balaban J connectivity index is 1.22. The molecule has 30 heavy (non-hydrogen) atoms. The maximum absolute atomic E-state index is 12.6. The highest BCUT2D eigenvalue weighted by atomic mass is 32.1. The van der Waals surface area contributed by atoms with Gasteiger partial charge in [-0.15, -0.1) is 22.7 Å². The van der Waals surface area contributed by atoms with E-state index in [1.807, 2.05) is 29.6 Å². The van der Waals surface area contributed by atoms with Crippen molar-refractivity contribution in [2.24, 2.45) is 0 Å². The molecule has 1 atom stereocenters. The van der Waals surface area contributed by atoms with Gasteiger partial charge in [-0.25, -0.2) is 4.98 Å². The molecule has 1 unspecified atom stereocenters. The highest BCUT2D eigenvalue weighted by Crippen LogP contribution is 2.22. The fourth-order valence-corrected chi connectivity index (χ4v) is 5.20. The Morgan fingerprint density at radius 2 is 2.07 bits per heavy atom. The molecule has 1 aliphatic heterocycles. The van der Waals surface area contributed by atoms with Gasteiger partial charge in [0.1, 0.15) is 6.04 Å². The molecule has 4 rings (SSSR count). The molecule has 1 N–H and O–H groups in total. The number of aryl methyl sites for hydroxylation is 1. The maximum Gasteiger partial charge on any atom is 0.242 e. The Hall–Kier alpha value is -2.58. The zero-order chi connectivity index (χ0) is 20.8. The van der Waals surface area contributed by atoms with Gasteiger partial charge in [-0.3, -0.25) is 14.6 Å². The summed E-state index contributed by atoms with van der Waals surface area (Å²) in [6.45, 7) is 1.26. The van der Waals surface area contributed by atoms with E-state index in [1.165, 1.54) is 0 Å². The van der Waals surface area contributed by atoms with Crippen LogP contribution < -0.4 is 5.32 Å². The number of thiophene rings is 1. The van der Waals surface area contributed by atoms with E-state index in [4.69, 9.17) is 0 Å². The minimum atomic E-state index is -0.337. The van der Waals surface area contributed by atoms with Crippen molar-refractivity contribution in [1.82, 2.24) is 20.2 Å². The smallest absolute Gasteiger partial charge is 0.242 e. The predicted octanol–water partition coefficient (Wildman–Crippen LogP) is 3.55. The van der Waals surface area contributed by atoms with Gasteiger partial charge in [0.05, 0.1) is 17.1 Å². The molecule has 2 amide bonds. The summed E-state index contributed by atoms with van der Waals surface area (Å²) in [5.41, 5.74) is 2.03. The Morgan fingerprint density at radius 3 is 2.87 bits per heavy atom. The first-order valence-corrected chi connectivity index (χ1v) is 11.9. The Bertz CT molecular complexity index is 972. The second kappa shape index (κ2) is 9.95. The zero-order valence-corrected chi connectivity index (χ0v) is 18.3. The van der Waals surface area contributed by atoms with Gasteiger partial charge in [-0.05, 0) is 42.8 Å². The minimum Gasteiger partial charge on any atom is -0.354 e. The van der Waals surface area contributed by atoms with Gasteiger partial charge in [-0.1, -0.05) is 6.07 Å². The molecule has 1 fully saturated rings. The van der Waals surface area contributed by atoms with E-state index in [0.717, 1.165) is 46.8 Å². The number of likely N-dealkylation sites (tertiary alicyclic amines) is 1. The fraction of sp³-hybridized carbons (Fsp3) is 0.364. The summed E-state index contributed by atoms with van der Waals surface area (Å²) in [6, 6.07) is 7.48. The monoisotopic (exact) mass is 440 g/mol. The van der Waals surface area contributed by atoms with Gasteiger partial charge >= 0.3 is 0 Å². The first-order chi connectivity index (χ1) is 14.7. The fourth-order valence-electron chi connectivity index (χ4n) is 3.65. The summed E-state index contributed by atoms with van der Waals surface area (Å²) in [5.74, 6) is 0.00479. The maximum atomic E-state index is 12.6. The van der Waals surface area contributed by atoms with Crippen LogP contribution in [0.25, 0.3) is 11.3 Å². The Labute approximate surface area is 184 Å².